The van der Waals surface area contributed by atoms with E-state index in [0.717, 1.165) is 0 Å². The van der Waals surface area contributed by atoms with Gasteiger partial charge in [0.05, 0.1) is 12.2 Å². The van der Waals surface area contributed by atoms with Crippen LogP contribution in [0.5, 0.6) is 0 Å². The van der Waals surface area contributed by atoms with Crippen molar-refractivity contribution in [3.05, 3.63) is 89.0 Å². The first-order valence-corrected chi connectivity index (χ1v) is 9.34. The molecule has 0 fully saturated rings. The van der Waals surface area contributed by atoms with Crippen molar-refractivity contribution in [1.82, 2.24) is 0 Å². The fourth-order valence-electron chi connectivity index (χ4n) is 4.31. The van der Waals surface area contributed by atoms with Gasteiger partial charge in [0.2, 0.25) is 0 Å². The van der Waals surface area contributed by atoms with Crippen LogP contribution in [0, 0.1) is 5.92 Å². The zero-order valence-corrected chi connectivity index (χ0v) is 15.6. The Hall–Kier alpha value is -2.86. The van der Waals surface area contributed by atoms with Crippen LogP contribution in [0.1, 0.15) is 39.9 Å². The summed E-state index contributed by atoms with van der Waals surface area (Å²) in [5.74, 6) is -2.37. The van der Waals surface area contributed by atoms with E-state index in [1.807, 2.05) is 0 Å². The monoisotopic (exact) mass is 400 g/mol. The van der Waals surface area contributed by atoms with E-state index in [-0.39, 0.29) is 17.7 Å². The Morgan fingerprint density at radius 3 is 2.55 bits per heavy atom. The van der Waals surface area contributed by atoms with Gasteiger partial charge in [-0.25, -0.2) is 4.79 Å². The SMILES string of the molecule is CCOC(=O)c1ccccc1C1=CC2C(C=C1)c1ccccc1C2(O)C(F)(F)F. The van der Waals surface area contributed by atoms with Gasteiger partial charge in [-0.05, 0) is 35.3 Å². The number of fused-ring (bicyclic) bond motifs is 3. The van der Waals surface area contributed by atoms with Crippen LogP contribution in [0.15, 0.2) is 66.8 Å². The molecule has 0 saturated heterocycles. The molecule has 29 heavy (non-hydrogen) atoms. The van der Waals surface area contributed by atoms with Crippen LogP contribution >= 0.6 is 0 Å². The molecule has 4 rings (SSSR count). The van der Waals surface area contributed by atoms with Crippen LogP contribution in [-0.2, 0) is 10.3 Å². The molecule has 1 N–H and O–H groups in total. The van der Waals surface area contributed by atoms with Crippen LogP contribution in [0.3, 0.4) is 0 Å². The normalized spacial score (nSPS) is 25.2. The largest absolute Gasteiger partial charge is 0.462 e. The second-order valence-electron chi connectivity index (χ2n) is 7.15. The average Bonchev–Trinajstić information content (AvgIpc) is 2.98. The predicted molar refractivity (Wildman–Crippen MR) is 102 cm³/mol. The predicted octanol–water partition coefficient (Wildman–Crippen LogP) is 4.98. The molecule has 0 bridgehead atoms. The number of ether oxygens (including phenoxy) is 1. The van der Waals surface area contributed by atoms with Crippen molar-refractivity contribution in [3.8, 4) is 0 Å². The van der Waals surface area contributed by atoms with E-state index in [2.05, 4.69) is 0 Å². The highest BCUT2D eigenvalue weighted by molar-refractivity contribution is 5.97. The van der Waals surface area contributed by atoms with E-state index in [9.17, 15) is 23.1 Å². The Bertz CT molecular complexity index is 1020. The van der Waals surface area contributed by atoms with Crippen molar-refractivity contribution in [1.29, 1.82) is 0 Å². The third kappa shape index (κ3) is 2.90. The van der Waals surface area contributed by atoms with Gasteiger partial charge in [-0.15, -0.1) is 0 Å². The Labute approximate surface area is 166 Å². The van der Waals surface area contributed by atoms with Crippen molar-refractivity contribution in [3.63, 3.8) is 0 Å². The lowest BCUT2D eigenvalue weighted by atomic mass is 9.77. The second-order valence-corrected chi connectivity index (χ2v) is 7.15. The van der Waals surface area contributed by atoms with Gasteiger partial charge >= 0.3 is 12.1 Å². The number of hydrogen-bond donors (Lipinski definition) is 1. The molecule has 150 valence electrons. The summed E-state index contributed by atoms with van der Waals surface area (Å²) in [4.78, 5) is 12.3. The number of halogens is 3. The second kappa shape index (κ2) is 6.88. The molecule has 3 atom stereocenters. The molecule has 2 aliphatic carbocycles. The van der Waals surface area contributed by atoms with E-state index >= 15 is 0 Å². The van der Waals surface area contributed by atoms with Gasteiger partial charge in [-0.3, -0.25) is 0 Å². The lowest BCUT2D eigenvalue weighted by Crippen LogP contribution is -2.46. The number of alkyl halides is 3. The molecule has 0 amide bonds. The molecule has 0 aromatic heterocycles. The van der Waals surface area contributed by atoms with Gasteiger partial charge in [-0.1, -0.05) is 60.7 Å². The standard InChI is InChI=1S/C23H19F3O3/c1-2-29-21(27)18-9-4-3-7-15(18)14-11-12-17-16-8-5-6-10-19(16)22(28,20(17)13-14)23(24,25)26/h3-13,17,20,28H,2H2,1H3. The minimum Gasteiger partial charge on any atom is -0.462 e. The molecule has 2 aromatic rings. The molecule has 0 heterocycles. The maximum atomic E-state index is 14.1. The van der Waals surface area contributed by atoms with E-state index in [1.165, 1.54) is 18.2 Å². The minimum atomic E-state index is -4.85. The number of rotatable bonds is 3. The van der Waals surface area contributed by atoms with Crippen molar-refractivity contribution < 1.29 is 27.8 Å². The number of hydrogen-bond acceptors (Lipinski definition) is 3. The Balaban J connectivity index is 1.85. The van der Waals surface area contributed by atoms with E-state index in [0.29, 0.717) is 16.7 Å². The Morgan fingerprint density at radius 1 is 1.14 bits per heavy atom. The average molecular weight is 400 g/mol. The molecule has 0 spiro atoms. The summed E-state index contributed by atoms with van der Waals surface area (Å²) in [6.07, 6.45) is -0.0468. The smallest absolute Gasteiger partial charge is 0.422 e. The highest BCUT2D eigenvalue weighted by Gasteiger charge is 2.65. The number of carbonyl (C=O) groups is 1. The molecular weight excluding hydrogens is 381 g/mol. The molecule has 3 nitrogen and oxygen atoms in total. The maximum absolute atomic E-state index is 14.1. The first-order chi connectivity index (χ1) is 13.8. The fourth-order valence-corrected chi connectivity index (χ4v) is 4.31. The van der Waals surface area contributed by atoms with Crippen molar-refractivity contribution in [2.24, 2.45) is 5.92 Å². The number of esters is 1. The number of benzene rings is 2. The van der Waals surface area contributed by atoms with Crippen LogP contribution < -0.4 is 0 Å². The van der Waals surface area contributed by atoms with Gasteiger partial charge in [0.15, 0.2) is 5.60 Å². The van der Waals surface area contributed by atoms with E-state index in [4.69, 9.17) is 4.74 Å². The van der Waals surface area contributed by atoms with E-state index in [1.54, 1.807) is 55.5 Å². The highest BCUT2D eigenvalue weighted by Crippen LogP contribution is 2.59. The lowest BCUT2D eigenvalue weighted by Gasteiger charge is -2.34. The summed E-state index contributed by atoms with van der Waals surface area (Å²) in [5, 5.41) is 10.9. The van der Waals surface area contributed by atoms with Crippen LogP contribution in [0.2, 0.25) is 0 Å². The first kappa shape index (κ1) is 19.5. The number of aliphatic hydroxyl groups is 1. The third-order valence-corrected chi connectivity index (χ3v) is 5.61. The van der Waals surface area contributed by atoms with Gasteiger partial charge in [0.1, 0.15) is 0 Å². The molecule has 6 heteroatoms. The summed E-state index contributed by atoms with van der Waals surface area (Å²) in [6, 6.07) is 12.7. The third-order valence-electron chi connectivity index (χ3n) is 5.61. The molecule has 2 aromatic carbocycles. The van der Waals surface area contributed by atoms with Crippen LogP contribution in [0.25, 0.3) is 5.57 Å². The lowest BCUT2D eigenvalue weighted by molar-refractivity contribution is -0.277. The van der Waals surface area contributed by atoms with Crippen molar-refractivity contribution in [2.75, 3.05) is 6.61 Å². The zero-order chi connectivity index (χ0) is 20.8. The number of carbonyl (C=O) groups excluding carboxylic acids is 1. The van der Waals surface area contributed by atoms with Crippen molar-refractivity contribution >= 4 is 11.5 Å². The fraction of sp³-hybridized carbons (Fsp3) is 0.261. The topological polar surface area (TPSA) is 46.5 Å². The maximum Gasteiger partial charge on any atom is 0.422 e. The van der Waals surface area contributed by atoms with Gasteiger partial charge < -0.3 is 9.84 Å². The van der Waals surface area contributed by atoms with Crippen LogP contribution in [-0.4, -0.2) is 23.9 Å². The number of allylic oxidation sites excluding steroid dienone is 3. The molecule has 3 unspecified atom stereocenters. The summed E-state index contributed by atoms with van der Waals surface area (Å²) >= 11 is 0. The highest BCUT2D eigenvalue weighted by atomic mass is 19.4. The van der Waals surface area contributed by atoms with Gasteiger partial charge in [0.25, 0.3) is 0 Å². The Morgan fingerprint density at radius 2 is 1.83 bits per heavy atom. The first-order valence-electron chi connectivity index (χ1n) is 9.34. The van der Waals surface area contributed by atoms with Crippen LogP contribution in [0.4, 0.5) is 13.2 Å². The summed E-state index contributed by atoms with van der Waals surface area (Å²) in [7, 11) is 0. The summed E-state index contributed by atoms with van der Waals surface area (Å²) < 4.78 is 47.2. The summed E-state index contributed by atoms with van der Waals surface area (Å²) in [6.45, 7) is 1.87. The molecular formula is C23H19F3O3. The quantitative estimate of drug-likeness (QED) is 0.740. The Kier molecular flexibility index (Phi) is 4.62. The molecule has 0 saturated carbocycles. The van der Waals surface area contributed by atoms with Crippen molar-refractivity contribution in [2.45, 2.75) is 24.6 Å². The zero-order valence-electron chi connectivity index (χ0n) is 15.6. The van der Waals surface area contributed by atoms with E-state index < -0.39 is 29.6 Å². The molecule has 0 aliphatic heterocycles. The molecule has 0 radical (unpaired) electrons. The van der Waals surface area contributed by atoms with Gasteiger partial charge in [0, 0.05) is 11.8 Å². The molecule has 2 aliphatic rings. The van der Waals surface area contributed by atoms with Gasteiger partial charge in [-0.2, -0.15) is 13.2 Å². The minimum absolute atomic E-state index is 0.122. The summed E-state index contributed by atoms with van der Waals surface area (Å²) in [5.41, 5.74) is -1.46.